The van der Waals surface area contributed by atoms with Crippen LogP contribution in [0.15, 0.2) is 28.8 Å². The number of rotatable bonds is 5. The predicted molar refractivity (Wildman–Crippen MR) is 71.8 cm³/mol. The molecule has 1 aromatic carbocycles. The van der Waals surface area contributed by atoms with Gasteiger partial charge < -0.3 is 14.9 Å². The van der Waals surface area contributed by atoms with Crippen molar-refractivity contribution in [3.63, 3.8) is 0 Å². The van der Waals surface area contributed by atoms with Gasteiger partial charge in [-0.15, -0.1) is 0 Å². The summed E-state index contributed by atoms with van der Waals surface area (Å²) < 4.78 is 5.30. The van der Waals surface area contributed by atoms with Crippen molar-refractivity contribution >= 4 is 5.69 Å². The second kappa shape index (κ2) is 5.01. The van der Waals surface area contributed by atoms with Gasteiger partial charge in [-0.1, -0.05) is 12.1 Å². The molecular weight excluding hydrogens is 242 g/mol. The molecule has 19 heavy (non-hydrogen) atoms. The normalized spacial score (nSPS) is 21.4. The smallest absolute Gasteiger partial charge is 0.257 e. The molecule has 5 heteroatoms. The molecule has 0 radical (unpaired) electrons. The Morgan fingerprint density at radius 1 is 1.37 bits per heavy atom. The van der Waals surface area contributed by atoms with E-state index in [1.807, 2.05) is 24.3 Å². The van der Waals surface area contributed by atoms with Crippen LogP contribution in [0.4, 0.5) is 5.69 Å². The standard InChI is InChI=1S/C14H17N3O2/c1-9-8-12(9)13-16-14(19-17-13)10-2-4-11(5-3-10)15-6-7-18/h2-5,9,12,15,18H,6-8H2,1H3. The van der Waals surface area contributed by atoms with Gasteiger partial charge in [-0.2, -0.15) is 4.98 Å². The van der Waals surface area contributed by atoms with Crippen molar-refractivity contribution in [3.8, 4) is 11.5 Å². The lowest BCUT2D eigenvalue weighted by molar-refractivity contribution is 0.311. The quantitative estimate of drug-likeness (QED) is 0.861. The zero-order valence-corrected chi connectivity index (χ0v) is 10.8. The Morgan fingerprint density at radius 2 is 2.11 bits per heavy atom. The number of aliphatic hydroxyl groups excluding tert-OH is 1. The first-order valence-corrected chi connectivity index (χ1v) is 6.56. The van der Waals surface area contributed by atoms with E-state index in [1.165, 1.54) is 0 Å². The summed E-state index contributed by atoms with van der Waals surface area (Å²) in [4.78, 5) is 4.45. The van der Waals surface area contributed by atoms with E-state index >= 15 is 0 Å². The van der Waals surface area contributed by atoms with Gasteiger partial charge in [0.25, 0.3) is 5.89 Å². The summed E-state index contributed by atoms with van der Waals surface area (Å²) in [6.07, 6.45) is 1.16. The van der Waals surface area contributed by atoms with Gasteiger partial charge in [-0.3, -0.25) is 0 Å². The number of nitrogens with zero attached hydrogens (tertiary/aromatic N) is 2. The number of nitrogens with one attached hydrogen (secondary N) is 1. The fourth-order valence-corrected chi connectivity index (χ4v) is 2.12. The summed E-state index contributed by atoms with van der Waals surface area (Å²) in [6, 6.07) is 7.75. The average molecular weight is 259 g/mol. The Morgan fingerprint density at radius 3 is 2.74 bits per heavy atom. The van der Waals surface area contributed by atoms with Gasteiger partial charge in [-0.05, 0) is 36.6 Å². The Labute approximate surface area is 111 Å². The van der Waals surface area contributed by atoms with Crippen molar-refractivity contribution in [2.75, 3.05) is 18.5 Å². The van der Waals surface area contributed by atoms with Crippen LogP contribution in [0.25, 0.3) is 11.5 Å². The molecule has 0 spiro atoms. The second-order valence-electron chi connectivity index (χ2n) is 5.00. The van der Waals surface area contributed by atoms with Crippen LogP contribution in [0.1, 0.15) is 25.1 Å². The Kier molecular flexibility index (Phi) is 3.21. The number of hydrogen-bond acceptors (Lipinski definition) is 5. The van der Waals surface area contributed by atoms with Crippen LogP contribution in [0.5, 0.6) is 0 Å². The Balaban J connectivity index is 1.72. The van der Waals surface area contributed by atoms with Crippen LogP contribution in [-0.2, 0) is 0 Å². The molecule has 2 unspecified atom stereocenters. The molecule has 0 bridgehead atoms. The predicted octanol–water partition coefficient (Wildman–Crippen LogP) is 2.26. The largest absolute Gasteiger partial charge is 0.395 e. The molecule has 0 saturated heterocycles. The van der Waals surface area contributed by atoms with Crippen LogP contribution in [0, 0.1) is 5.92 Å². The molecule has 1 heterocycles. The van der Waals surface area contributed by atoms with E-state index in [2.05, 4.69) is 22.4 Å². The minimum Gasteiger partial charge on any atom is -0.395 e. The lowest BCUT2D eigenvalue weighted by Gasteiger charge is -2.03. The summed E-state index contributed by atoms with van der Waals surface area (Å²) in [5.74, 6) is 2.55. The molecule has 3 rings (SSSR count). The lowest BCUT2D eigenvalue weighted by atomic mass is 10.2. The summed E-state index contributed by atoms with van der Waals surface area (Å²) in [6.45, 7) is 2.86. The van der Waals surface area contributed by atoms with Crippen molar-refractivity contribution in [1.29, 1.82) is 0 Å². The van der Waals surface area contributed by atoms with Crippen LogP contribution in [0.3, 0.4) is 0 Å². The van der Waals surface area contributed by atoms with E-state index in [9.17, 15) is 0 Å². The number of hydrogen-bond donors (Lipinski definition) is 2. The minimum absolute atomic E-state index is 0.119. The van der Waals surface area contributed by atoms with Crippen molar-refractivity contribution in [3.05, 3.63) is 30.1 Å². The summed E-state index contributed by atoms with van der Waals surface area (Å²) in [7, 11) is 0. The Hall–Kier alpha value is -1.88. The maximum atomic E-state index is 8.75. The first-order valence-electron chi connectivity index (χ1n) is 6.56. The molecule has 2 aromatic rings. The molecule has 1 aliphatic carbocycles. The third-order valence-electron chi connectivity index (χ3n) is 3.46. The van der Waals surface area contributed by atoms with E-state index < -0.39 is 0 Å². The minimum atomic E-state index is 0.119. The van der Waals surface area contributed by atoms with Crippen molar-refractivity contribution in [2.45, 2.75) is 19.3 Å². The molecule has 0 amide bonds. The van der Waals surface area contributed by atoms with E-state index in [0.29, 0.717) is 24.3 Å². The highest BCUT2D eigenvalue weighted by Gasteiger charge is 2.38. The third-order valence-corrected chi connectivity index (χ3v) is 3.46. The first kappa shape index (κ1) is 12.2. The molecular formula is C14H17N3O2. The van der Waals surface area contributed by atoms with Gasteiger partial charge >= 0.3 is 0 Å². The summed E-state index contributed by atoms with van der Waals surface area (Å²) in [5, 5.41) is 15.9. The van der Waals surface area contributed by atoms with E-state index in [0.717, 1.165) is 23.5 Å². The van der Waals surface area contributed by atoms with Gasteiger partial charge in [0.15, 0.2) is 5.82 Å². The molecule has 2 N–H and O–H groups in total. The van der Waals surface area contributed by atoms with Crippen LogP contribution in [-0.4, -0.2) is 28.4 Å². The molecule has 1 saturated carbocycles. The van der Waals surface area contributed by atoms with E-state index in [4.69, 9.17) is 9.63 Å². The van der Waals surface area contributed by atoms with E-state index in [1.54, 1.807) is 0 Å². The van der Waals surface area contributed by atoms with Crippen molar-refractivity contribution < 1.29 is 9.63 Å². The lowest BCUT2D eigenvalue weighted by Crippen LogP contribution is -2.04. The molecule has 1 aromatic heterocycles. The van der Waals surface area contributed by atoms with Gasteiger partial charge in [0.2, 0.25) is 0 Å². The van der Waals surface area contributed by atoms with Crippen LogP contribution in [0.2, 0.25) is 0 Å². The highest BCUT2D eigenvalue weighted by atomic mass is 16.5. The fraction of sp³-hybridized carbons (Fsp3) is 0.429. The number of aromatic nitrogens is 2. The summed E-state index contributed by atoms with van der Waals surface area (Å²) >= 11 is 0. The van der Waals surface area contributed by atoms with Gasteiger partial charge in [0.1, 0.15) is 0 Å². The fourth-order valence-electron chi connectivity index (χ4n) is 2.12. The monoisotopic (exact) mass is 259 g/mol. The van der Waals surface area contributed by atoms with Crippen LogP contribution >= 0.6 is 0 Å². The molecule has 1 aliphatic rings. The maximum absolute atomic E-state index is 8.75. The maximum Gasteiger partial charge on any atom is 0.257 e. The molecule has 1 fully saturated rings. The zero-order chi connectivity index (χ0) is 13.2. The molecule has 0 aliphatic heterocycles. The Bertz CT molecular complexity index is 550. The summed E-state index contributed by atoms with van der Waals surface area (Å²) in [5.41, 5.74) is 1.88. The van der Waals surface area contributed by atoms with E-state index in [-0.39, 0.29) is 6.61 Å². The molecule has 2 atom stereocenters. The number of anilines is 1. The highest BCUT2D eigenvalue weighted by Crippen LogP contribution is 2.45. The zero-order valence-electron chi connectivity index (χ0n) is 10.8. The van der Waals surface area contributed by atoms with Crippen molar-refractivity contribution in [1.82, 2.24) is 10.1 Å². The van der Waals surface area contributed by atoms with Crippen LogP contribution < -0.4 is 5.32 Å². The molecule has 5 nitrogen and oxygen atoms in total. The highest BCUT2D eigenvalue weighted by molar-refractivity contribution is 5.58. The number of benzene rings is 1. The SMILES string of the molecule is CC1CC1c1noc(-c2ccc(NCCO)cc2)n1. The van der Waals surface area contributed by atoms with Gasteiger partial charge in [0.05, 0.1) is 6.61 Å². The topological polar surface area (TPSA) is 71.2 Å². The van der Waals surface area contributed by atoms with Crippen molar-refractivity contribution in [2.24, 2.45) is 5.92 Å². The number of aliphatic hydroxyl groups is 1. The van der Waals surface area contributed by atoms with Gasteiger partial charge in [-0.25, -0.2) is 0 Å². The first-order chi connectivity index (χ1) is 9.28. The molecule has 100 valence electrons. The second-order valence-corrected chi connectivity index (χ2v) is 5.00. The van der Waals surface area contributed by atoms with Gasteiger partial charge in [0, 0.05) is 23.7 Å². The third kappa shape index (κ3) is 2.61. The average Bonchev–Trinajstić information content (AvgIpc) is 2.98.